The average Bonchev–Trinajstić information content (AvgIpc) is 2.75. The molecule has 0 saturated carbocycles. The lowest BCUT2D eigenvalue weighted by atomic mass is 10.1. The molecule has 0 aliphatic carbocycles. The molecule has 0 aromatic carbocycles. The van der Waals surface area contributed by atoms with Gasteiger partial charge in [-0.05, 0) is 48.8 Å². The van der Waals surface area contributed by atoms with Crippen LogP contribution >= 0.6 is 15.9 Å². The monoisotopic (exact) mass is 310 g/mol. The van der Waals surface area contributed by atoms with Gasteiger partial charge in [-0.25, -0.2) is 4.98 Å². The van der Waals surface area contributed by atoms with Gasteiger partial charge in [0.1, 0.15) is 5.69 Å². The Kier molecular flexibility index (Phi) is 3.77. The van der Waals surface area contributed by atoms with Crippen molar-refractivity contribution in [1.29, 1.82) is 0 Å². The van der Waals surface area contributed by atoms with Gasteiger partial charge in [-0.1, -0.05) is 0 Å². The summed E-state index contributed by atoms with van der Waals surface area (Å²) in [5, 5.41) is 11.3. The summed E-state index contributed by atoms with van der Waals surface area (Å²) in [5.41, 5.74) is 0.673. The van der Waals surface area contributed by atoms with E-state index >= 15 is 0 Å². The molecule has 5 nitrogen and oxygen atoms in total. The van der Waals surface area contributed by atoms with E-state index in [1.807, 2.05) is 12.1 Å². The van der Waals surface area contributed by atoms with Gasteiger partial charge in [0.25, 0.3) is 5.89 Å². The minimum absolute atomic E-state index is 0.0141. The lowest BCUT2D eigenvalue weighted by molar-refractivity contribution is 0.383. The van der Waals surface area contributed by atoms with Crippen LogP contribution in [0.15, 0.2) is 27.2 Å². The molecule has 1 N–H and O–H groups in total. The van der Waals surface area contributed by atoms with Crippen molar-refractivity contribution in [1.82, 2.24) is 20.5 Å². The average molecular weight is 311 g/mol. The Morgan fingerprint density at radius 1 is 1.33 bits per heavy atom. The van der Waals surface area contributed by atoms with E-state index in [1.54, 1.807) is 6.20 Å². The van der Waals surface area contributed by atoms with Gasteiger partial charge in [-0.2, -0.15) is 0 Å². The standard InChI is InChI=1S/C12H15BrN4O/c1-12(2,3)15-7-9-16-17-11(18-9)10-8(13)5-4-6-14-10/h4-6,15H,7H2,1-3H3. The topological polar surface area (TPSA) is 63.8 Å². The molecule has 0 aliphatic heterocycles. The van der Waals surface area contributed by atoms with Gasteiger partial charge in [0.05, 0.1) is 6.54 Å². The summed E-state index contributed by atoms with van der Waals surface area (Å²) >= 11 is 3.41. The Morgan fingerprint density at radius 2 is 2.11 bits per heavy atom. The van der Waals surface area contributed by atoms with Crippen molar-refractivity contribution < 1.29 is 4.42 Å². The number of pyridine rings is 1. The van der Waals surface area contributed by atoms with Crippen LogP contribution in [0.25, 0.3) is 11.6 Å². The highest BCUT2D eigenvalue weighted by Crippen LogP contribution is 2.24. The van der Waals surface area contributed by atoms with Crippen molar-refractivity contribution in [3.8, 4) is 11.6 Å². The van der Waals surface area contributed by atoms with Crippen LogP contribution in [0.2, 0.25) is 0 Å². The summed E-state index contributed by atoms with van der Waals surface area (Å²) in [6.07, 6.45) is 1.69. The number of halogens is 1. The summed E-state index contributed by atoms with van der Waals surface area (Å²) in [4.78, 5) is 4.21. The van der Waals surface area contributed by atoms with Crippen molar-refractivity contribution in [2.45, 2.75) is 32.9 Å². The Hall–Kier alpha value is -1.27. The lowest BCUT2D eigenvalue weighted by Gasteiger charge is -2.18. The Balaban J connectivity index is 2.14. The summed E-state index contributed by atoms with van der Waals surface area (Å²) in [5.74, 6) is 0.977. The van der Waals surface area contributed by atoms with Crippen molar-refractivity contribution in [2.24, 2.45) is 0 Å². The normalized spacial score (nSPS) is 11.8. The highest BCUT2D eigenvalue weighted by atomic mass is 79.9. The van der Waals surface area contributed by atoms with E-state index in [2.05, 4.69) is 57.2 Å². The van der Waals surface area contributed by atoms with E-state index in [9.17, 15) is 0 Å². The van der Waals surface area contributed by atoms with Crippen LogP contribution in [0.4, 0.5) is 0 Å². The molecule has 0 bridgehead atoms. The van der Waals surface area contributed by atoms with Crippen LogP contribution < -0.4 is 5.32 Å². The Labute approximate surface area is 114 Å². The molecule has 2 aromatic heterocycles. The predicted molar refractivity (Wildman–Crippen MR) is 71.8 cm³/mol. The second kappa shape index (κ2) is 5.16. The maximum atomic E-state index is 5.57. The molecule has 0 amide bonds. The molecule has 6 heteroatoms. The zero-order valence-electron chi connectivity index (χ0n) is 10.6. The number of nitrogens with zero attached hydrogens (tertiary/aromatic N) is 3. The third kappa shape index (κ3) is 3.36. The lowest BCUT2D eigenvalue weighted by Crippen LogP contribution is -2.35. The maximum Gasteiger partial charge on any atom is 0.267 e. The molecule has 18 heavy (non-hydrogen) atoms. The van der Waals surface area contributed by atoms with Crippen molar-refractivity contribution in [3.05, 3.63) is 28.7 Å². The van der Waals surface area contributed by atoms with Gasteiger partial charge in [-0.3, -0.25) is 0 Å². The molecule has 0 unspecified atom stereocenters. The van der Waals surface area contributed by atoms with Gasteiger partial charge in [-0.15, -0.1) is 10.2 Å². The molecule has 0 atom stereocenters. The van der Waals surface area contributed by atoms with E-state index in [4.69, 9.17) is 4.42 Å². The van der Waals surface area contributed by atoms with Gasteiger partial charge >= 0.3 is 0 Å². The minimum Gasteiger partial charge on any atom is -0.418 e. The van der Waals surface area contributed by atoms with Crippen LogP contribution in [0.1, 0.15) is 26.7 Å². The zero-order chi connectivity index (χ0) is 13.2. The van der Waals surface area contributed by atoms with Crippen LogP contribution in [-0.2, 0) is 6.54 Å². The summed E-state index contributed by atoms with van der Waals surface area (Å²) in [6.45, 7) is 6.79. The van der Waals surface area contributed by atoms with Crippen LogP contribution in [0.5, 0.6) is 0 Å². The third-order valence-corrected chi connectivity index (χ3v) is 2.84. The fraction of sp³-hybridized carbons (Fsp3) is 0.417. The molecule has 0 spiro atoms. The molecule has 2 aromatic rings. The predicted octanol–water partition coefficient (Wildman–Crippen LogP) is 2.78. The SMILES string of the molecule is CC(C)(C)NCc1nnc(-c2ncccc2Br)o1. The smallest absolute Gasteiger partial charge is 0.267 e. The first-order valence-corrected chi connectivity index (χ1v) is 6.43. The highest BCUT2D eigenvalue weighted by molar-refractivity contribution is 9.10. The molecule has 2 heterocycles. The molecule has 0 radical (unpaired) electrons. The Morgan fingerprint density at radius 3 is 2.78 bits per heavy atom. The zero-order valence-corrected chi connectivity index (χ0v) is 12.2. The van der Waals surface area contributed by atoms with Gasteiger partial charge in [0.2, 0.25) is 5.89 Å². The molecule has 96 valence electrons. The fourth-order valence-corrected chi connectivity index (χ4v) is 1.73. The summed E-state index contributed by atoms with van der Waals surface area (Å²) in [6, 6.07) is 3.73. The van der Waals surface area contributed by atoms with E-state index in [0.717, 1.165) is 4.47 Å². The van der Waals surface area contributed by atoms with Gasteiger partial charge in [0.15, 0.2) is 0 Å². The molecular formula is C12H15BrN4O. The van der Waals surface area contributed by atoms with E-state index in [-0.39, 0.29) is 5.54 Å². The highest BCUT2D eigenvalue weighted by Gasteiger charge is 2.15. The van der Waals surface area contributed by atoms with Crippen LogP contribution in [0, 0.1) is 0 Å². The van der Waals surface area contributed by atoms with Crippen molar-refractivity contribution in [3.63, 3.8) is 0 Å². The Bertz CT molecular complexity index is 533. The number of rotatable bonds is 3. The number of nitrogens with one attached hydrogen (secondary N) is 1. The molecular weight excluding hydrogens is 296 g/mol. The first kappa shape index (κ1) is 13.2. The molecule has 0 fully saturated rings. The van der Waals surface area contributed by atoms with Crippen molar-refractivity contribution >= 4 is 15.9 Å². The molecule has 0 saturated heterocycles. The fourth-order valence-electron chi connectivity index (χ4n) is 1.30. The third-order valence-electron chi connectivity index (χ3n) is 2.20. The summed E-state index contributed by atoms with van der Waals surface area (Å²) in [7, 11) is 0. The number of hydrogen-bond acceptors (Lipinski definition) is 5. The van der Waals surface area contributed by atoms with E-state index < -0.39 is 0 Å². The first-order valence-electron chi connectivity index (χ1n) is 5.64. The largest absolute Gasteiger partial charge is 0.418 e. The van der Waals surface area contributed by atoms with E-state index in [1.165, 1.54) is 0 Å². The number of hydrogen-bond donors (Lipinski definition) is 1. The van der Waals surface area contributed by atoms with Crippen molar-refractivity contribution in [2.75, 3.05) is 0 Å². The van der Waals surface area contributed by atoms with E-state index in [0.29, 0.717) is 24.0 Å². The minimum atomic E-state index is 0.0141. The van der Waals surface area contributed by atoms with Crippen LogP contribution in [-0.4, -0.2) is 20.7 Å². The second-order valence-corrected chi connectivity index (χ2v) is 5.79. The summed E-state index contributed by atoms with van der Waals surface area (Å²) < 4.78 is 6.41. The molecule has 2 rings (SSSR count). The maximum absolute atomic E-state index is 5.57. The first-order chi connectivity index (χ1) is 8.46. The van der Waals surface area contributed by atoms with Gasteiger partial charge in [0, 0.05) is 16.2 Å². The van der Waals surface area contributed by atoms with Crippen LogP contribution in [0.3, 0.4) is 0 Å². The quantitative estimate of drug-likeness (QED) is 0.944. The second-order valence-electron chi connectivity index (χ2n) is 4.94. The molecule has 0 aliphatic rings. The van der Waals surface area contributed by atoms with Gasteiger partial charge < -0.3 is 9.73 Å². The number of aromatic nitrogens is 3.